The molecule has 0 aliphatic heterocycles. The maximum atomic E-state index is 13.8. The van der Waals surface area contributed by atoms with Crippen LogP contribution in [0.1, 0.15) is 5.56 Å². The number of nitrogens with zero attached hydrogens (tertiary/aromatic N) is 1. The lowest BCUT2D eigenvalue weighted by Crippen LogP contribution is -2.27. The fourth-order valence-corrected chi connectivity index (χ4v) is 3.79. The van der Waals surface area contributed by atoms with Crippen LogP contribution in [-0.2, 0) is 16.6 Å². The topological polar surface area (TPSA) is 37.4 Å². The summed E-state index contributed by atoms with van der Waals surface area (Å²) < 4.78 is 40.2. The summed E-state index contributed by atoms with van der Waals surface area (Å²) in [6.45, 7) is 0.179. The van der Waals surface area contributed by atoms with E-state index in [4.69, 9.17) is 0 Å². The van der Waals surface area contributed by atoms with Crippen LogP contribution in [-0.4, -0.2) is 19.8 Å². The molecule has 5 heteroatoms. The van der Waals surface area contributed by atoms with Crippen LogP contribution in [0.15, 0.2) is 71.6 Å². The summed E-state index contributed by atoms with van der Waals surface area (Å²) in [5, 5.41) is 2.03. The van der Waals surface area contributed by atoms with Crippen molar-refractivity contribution in [1.29, 1.82) is 0 Å². The maximum Gasteiger partial charge on any atom is 0.246 e. The Labute approximate surface area is 135 Å². The Morgan fingerprint density at radius 1 is 0.913 bits per heavy atom. The largest absolute Gasteiger partial charge is 0.246 e. The van der Waals surface area contributed by atoms with Crippen molar-refractivity contribution >= 4 is 20.8 Å². The molecule has 0 amide bonds. The molecule has 3 aromatic carbocycles. The van der Waals surface area contributed by atoms with E-state index in [1.165, 1.54) is 29.6 Å². The molecule has 3 nitrogen and oxygen atoms in total. The van der Waals surface area contributed by atoms with Gasteiger partial charge in [-0.3, -0.25) is 0 Å². The van der Waals surface area contributed by atoms with E-state index in [1.54, 1.807) is 0 Å². The number of fused-ring (bicyclic) bond motifs is 1. The molecule has 0 aliphatic rings. The molecule has 0 saturated heterocycles. The van der Waals surface area contributed by atoms with Gasteiger partial charge in [-0.1, -0.05) is 54.6 Å². The minimum atomic E-state index is -3.88. The van der Waals surface area contributed by atoms with Gasteiger partial charge in [-0.2, -0.15) is 4.31 Å². The van der Waals surface area contributed by atoms with Gasteiger partial charge in [-0.05, 0) is 28.5 Å². The zero-order valence-corrected chi connectivity index (χ0v) is 13.4. The predicted octanol–water partition coefficient (Wildman–Crippen LogP) is 3.80. The van der Waals surface area contributed by atoms with Gasteiger partial charge in [-0.25, -0.2) is 12.8 Å². The Hall–Kier alpha value is -2.24. The highest BCUT2D eigenvalue weighted by molar-refractivity contribution is 7.89. The molecule has 0 radical (unpaired) electrons. The smallest absolute Gasteiger partial charge is 0.207 e. The van der Waals surface area contributed by atoms with Crippen molar-refractivity contribution in [3.8, 4) is 0 Å². The second-order valence-corrected chi connectivity index (χ2v) is 7.34. The number of rotatable bonds is 4. The zero-order valence-electron chi connectivity index (χ0n) is 12.6. The van der Waals surface area contributed by atoms with Crippen LogP contribution in [0.25, 0.3) is 10.8 Å². The highest BCUT2D eigenvalue weighted by Gasteiger charge is 2.24. The first-order chi connectivity index (χ1) is 11.0. The Bertz CT molecular complexity index is 949. The average molecular weight is 329 g/mol. The van der Waals surface area contributed by atoms with Crippen molar-refractivity contribution in [3.63, 3.8) is 0 Å². The number of hydrogen-bond acceptors (Lipinski definition) is 2. The van der Waals surface area contributed by atoms with Gasteiger partial charge < -0.3 is 0 Å². The third-order valence-corrected chi connectivity index (χ3v) is 5.63. The number of halogens is 1. The lowest BCUT2D eigenvalue weighted by Gasteiger charge is -2.18. The number of sulfonamides is 1. The summed E-state index contributed by atoms with van der Waals surface area (Å²) in [7, 11) is -2.42. The van der Waals surface area contributed by atoms with Crippen molar-refractivity contribution in [2.75, 3.05) is 7.05 Å². The van der Waals surface area contributed by atoms with Crippen LogP contribution >= 0.6 is 0 Å². The molecule has 23 heavy (non-hydrogen) atoms. The highest BCUT2D eigenvalue weighted by atomic mass is 32.2. The Morgan fingerprint density at radius 3 is 2.35 bits per heavy atom. The van der Waals surface area contributed by atoms with Crippen LogP contribution in [0.3, 0.4) is 0 Å². The standard InChI is InChI=1S/C18H16FNO2S/c1-20(23(21,22)18-12-5-4-11-17(18)19)13-15-9-6-8-14-7-2-3-10-16(14)15/h2-12H,13H2,1H3. The molecule has 3 aromatic rings. The van der Waals surface area contributed by atoms with E-state index in [1.807, 2.05) is 42.5 Å². The minimum absolute atomic E-state index is 0.179. The van der Waals surface area contributed by atoms with Gasteiger partial charge in [0.25, 0.3) is 0 Å². The van der Waals surface area contributed by atoms with E-state index in [0.717, 1.165) is 22.4 Å². The van der Waals surface area contributed by atoms with Crippen molar-refractivity contribution in [2.45, 2.75) is 11.4 Å². The average Bonchev–Trinajstić information content (AvgIpc) is 2.55. The first-order valence-corrected chi connectivity index (χ1v) is 8.61. The van der Waals surface area contributed by atoms with Crippen LogP contribution in [0.2, 0.25) is 0 Å². The quantitative estimate of drug-likeness (QED) is 0.730. The molecule has 0 fully saturated rings. The van der Waals surface area contributed by atoms with Gasteiger partial charge in [0.2, 0.25) is 10.0 Å². The first-order valence-electron chi connectivity index (χ1n) is 7.17. The fraction of sp³-hybridized carbons (Fsp3) is 0.111. The lowest BCUT2D eigenvalue weighted by molar-refractivity contribution is 0.461. The summed E-state index contributed by atoms with van der Waals surface area (Å²) in [6.07, 6.45) is 0. The van der Waals surface area contributed by atoms with Gasteiger partial charge in [0.15, 0.2) is 0 Å². The van der Waals surface area contributed by atoms with Gasteiger partial charge in [0.1, 0.15) is 10.7 Å². The fourth-order valence-electron chi connectivity index (χ4n) is 2.58. The molecule has 0 bridgehead atoms. The van der Waals surface area contributed by atoms with Gasteiger partial charge in [-0.15, -0.1) is 0 Å². The van der Waals surface area contributed by atoms with E-state index in [2.05, 4.69) is 0 Å². The normalized spacial score (nSPS) is 12.0. The lowest BCUT2D eigenvalue weighted by atomic mass is 10.0. The second kappa shape index (κ2) is 6.10. The third kappa shape index (κ3) is 2.98. The summed E-state index contributed by atoms with van der Waals surface area (Å²) in [5.74, 6) is -0.739. The van der Waals surface area contributed by atoms with E-state index < -0.39 is 15.8 Å². The van der Waals surface area contributed by atoms with Crippen LogP contribution in [0, 0.1) is 5.82 Å². The molecule has 0 heterocycles. The van der Waals surface area contributed by atoms with Gasteiger partial charge >= 0.3 is 0 Å². The minimum Gasteiger partial charge on any atom is -0.207 e. The summed E-state index contributed by atoms with van der Waals surface area (Å²) in [4.78, 5) is -0.303. The monoisotopic (exact) mass is 329 g/mol. The van der Waals surface area contributed by atoms with E-state index in [-0.39, 0.29) is 11.4 Å². The molecule has 3 rings (SSSR count). The van der Waals surface area contributed by atoms with Crippen LogP contribution in [0.4, 0.5) is 4.39 Å². The Balaban J connectivity index is 1.98. The SMILES string of the molecule is CN(Cc1cccc2ccccc12)S(=O)(=O)c1ccccc1F. The van der Waals surface area contributed by atoms with Crippen molar-refractivity contribution in [3.05, 3.63) is 78.1 Å². The Morgan fingerprint density at radius 2 is 1.57 bits per heavy atom. The molecule has 0 unspecified atom stereocenters. The van der Waals surface area contributed by atoms with E-state index in [9.17, 15) is 12.8 Å². The molecule has 0 spiro atoms. The molecule has 0 aliphatic carbocycles. The van der Waals surface area contributed by atoms with E-state index >= 15 is 0 Å². The summed E-state index contributed by atoms with van der Waals surface area (Å²) >= 11 is 0. The number of hydrogen-bond donors (Lipinski definition) is 0. The molecule has 0 saturated carbocycles. The molecule has 0 N–H and O–H groups in total. The maximum absolute atomic E-state index is 13.8. The zero-order chi connectivity index (χ0) is 16.4. The van der Waals surface area contributed by atoms with Crippen LogP contribution < -0.4 is 0 Å². The van der Waals surface area contributed by atoms with Crippen molar-refractivity contribution < 1.29 is 12.8 Å². The summed E-state index contributed by atoms with van der Waals surface area (Å²) in [6, 6.07) is 19.0. The Kier molecular flexibility index (Phi) is 4.15. The second-order valence-electron chi connectivity index (χ2n) is 5.33. The molecule has 0 aromatic heterocycles. The number of benzene rings is 3. The van der Waals surface area contributed by atoms with Crippen molar-refractivity contribution in [1.82, 2.24) is 4.31 Å². The molecule has 118 valence electrons. The highest BCUT2D eigenvalue weighted by Crippen LogP contribution is 2.23. The predicted molar refractivity (Wildman–Crippen MR) is 89.0 cm³/mol. The first kappa shape index (κ1) is 15.6. The summed E-state index contributed by atoms with van der Waals surface area (Å²) in [5.41, 5.74) is 0.880. The van der Waals surface area contributed by atoms with Gasteiger partial charge in [0.05, 0.1) is 0 Å². The molecular formula is C18H16FNO2S. The van der Waals surface area contributed by atoms with Gasteiger partial charge in [0, 0.05) is 13.6 Å². The van der Waals surface area contributed by atoms with Crippen LogP contribution in [0.5, 0.6) is 0 Å². The van der Waals surface area contributed by atoms with Crippen molar-refractivity contribution in [2.24, 2.45) is 0 Å². The third-order valence-electron chi connectivity index (χ3n) is 3.80. The van der Waals surface area contributed by atoms with E-state index in [0.29, 0.717) is 0 Å². The molecular weight excluding hydrogens is 313 g/mol. The molecule has 0 atom stereocenters.